The Morgan fingerprint density at radius 2 is 2.32 bits per heavy atom. The van der Waals surface area contributed by atoms with Crippen molar-refractivity contribution in [2.24, 2.45) is 0 Å². The van der Waals surface area contributed by atoms with Crippen LogP contribution >= 0.6 is 0 Å². The van der Waals surface area contributed by atoms with Gasteiger partial charge in [0.25, 0.3) is 0 Å². The molecule has 2 rings (SSSR count). The van der Waals surface area contributed by atoms with Crippen LogP contribution in [0.15, 0.2) is 24.5 Å². The normalized spacial score (nSPS) is 11.3. The predicted molar refractivity (Wildman–Crippen MR) is 73.1 cm³/mol. The number of aromatic nitrogens is 2. The second-order valence-corrected chi connectivity index (χ2v) is 4.76. The zero-order valence-electron chi connectivity index (χ0n) is 11.3. The van der Waals surface area contributed by atoms with E-state index in [2.05, 4.69) is 4.98 Å². The Morgan fingerprint density at radius 1 is 1.53 bits per heavy atom. The maximum Gasteiger partial charge on any atom is 0.317 e. The highest BCUT2D eigenvalue weighted by molar-refractivity contribution is 5.69. The first kappa shape index (κ1) is 13.5. The van der Waals surface area contributed by atoms with Crippen molar-refractivity contribution in [3.8, 4) is 0 Å². The van der Waals surface area contributed by atoms with E-state index in [9.17, 15) is 4.79 Å². The van der Waals surface area contributed by atoms with Gasteiger partial charge in [-0.05, 0) is 31.5 Å². The molecule has 1 N–H and O–H groups in total. The van der Waals surface area contributed by atoms with Gasteiger partial charge in [-0.25, -0.2) is 4.98 Å². The number of aryl methyl sites for hydroxylation is 1. The lowest BCUT2D eigenvalue weighted by atomic mass is 10.3. The third kappa shape index (κ3) is 3.32. The van der Waals surface area contributed by atoms with E-state index in [-0.39, 0.29) is 6.54 Å². The molecule has 5 nitrogen and oxygen atoms in total. The summed E-state index contributed by atoms with van der Waals surface area (Å²) in [5.74, 6) is -0.798. The zero-order valence-corrected chi connectivity index (χ0v) is 11.3. The minimum atomic E-state index is -0.798. The number of pyridine rings is 1. The molecule has 0 radical (unpaired) electrons. The molecule has 0 aliphatic carbocycles. The largest absolute Gasteiger partial charge is 0.480 e. The molecule has 102 valence electrons. The van der Waals surface area contributed by atoms with E-state index in [1.165, 1.54) is 0 Å². The maximum atomic E-state index is 10.8. The highest BCUT2D eigenvalue weighted by atomic mass is 16.4. The first-order valence-electron chi connectivity index (χ1n) is 6.47. The van der Waals surface area contributed by atoms with Gasteiger partial charge in [-0.2, -0.15) is 0 Å². The highest BCUT2D eigenvalue weighted by Gasteiger charge is 2.12. The summed E-state index contributed by atoms with van der Waals surface area (Å²) in [4.78, 5) is 17.3. The van der Waals surface area contributed by atoms with Crippen LogP contribution in [-0.4, -0.2) is 38.4 Å². The molecule has 0 amide bonds. The Bertz CT molecular complexity index is 577. The van der Waals surface area contributed by atoms with Crippen molar-refractivity contribution in [2.45, 2.75) is 26.8 Å². The molecule has 0 saturated carbocycles. The zero-order chi connectivity index (χ0) is 13.8. The van der Waals surface area contributed by atoms with E-state index in [0.717, 1.165) is 29.9 Å². The molecule has 19 heavy (non-hydrogen) atoms. The molecule has 2 aromatic rings. The fourth-order valence-corrected chi connectivity index (χ4v) is 2.23. The third-order valence-electron chi connectivity index (χ3n) is 3.01. The molecule has 0 spiro atoms. The van der Waals surface area contributed by atoms with Gasteiger partial charge in [0.2, 0.25) is 0 Å². The summed E-state index contributed by atoms with van der Waals surface area (Å²) in [6, 6.07) is 4.00. The van der Waals surface area contributed by atoms with E-state index in [1.54, 1.807) is 0 Å². The molecular formula is C14H19N3O2. The first-order valence-corrected chi connectivity index (χ1v) is 6.47. The van der Waals surface area contributed by atoms with E-state index in [1.807, 2.05) is 47.7 Å². The summed E-state index contributed by atoms with van der Waals surface area (Å²) in [5, 5.41) is 8.91. The first-order chi connectivity index (χ1) is 9.10. The minimum Gasteiger partial charge on any atom is -0.480 e. The van der Waals surface area contributed by atoms with E-state index >= 15 is 0 Å². The number of hydrogen-bond donors (Lipinski definition) is 1. The molecule has 5 heteroatoms. The predicted octanol–water partition coefficient (Wildman–Crippen LogP) is 1.94. The number of carbonyl (C=O) groups is 1. The summed E-state index contributed by atoms with van der Waals surface area (Å²) in [6.45, 7) is 5.46. The summed E-state index contributed by atoms with van der Waals surface area (Å²) >= 11 is 0. The minimum absolute atomic E-state index is 0.0562. The van der Waals surface area contributed by atoms with Gasteiger partial charge in [0, 0.05) is 18.9 Å². The van der Waals surface area contributed by atoms with Crippen LogP contribution in [0.5, 0.6) is 0 Å². The Balaban J connectivity index is 2.18. The fraction of sp³-hybridized carbons (Fsp3) is 0.429. The molecule has 0 aromatic carbocycles. The Morgan fingerprint density at radius 3 is 2.95 bits per heavy atom. The summed E-state index contributed by atoms with van der Waals surface area (Å²) < 4.78 is 1.98. The second kappa shape index (κ2) is 5.84. The second-order valence-electron chi connectivity index (χ2n) is 4.76. The fourth-order valence-electron chi connectivity index (χ4n) is 2.23. The molecule has 0 aliphatic rings. The molecule has 2 aromatic heterocycles. The van der Waals surface area contributed by atoms with Crippen LogP contribution in [0, 0.1) is 6.92 Å². The number of rotatable bonds is 6. The molecule has 2 heterocycles. The molecule has 0 aliphatic heterocycles. The number of imidazole rings is 1. The average molecular weight is 261 g/mol. The van der Waals surface area contributed by atoms with Crippen LogP contribution in [0.1, 0.15) is 24.6 Å². The number of carboxylic acids is 1. The quantitative estimate of drug-likeness (QED) is 0.863. The van der Waals surface area contributed by atoms with E-state index in [4.69, 9.17) is 5.11 Å². The van der Waals surface area contributed by atoms with Crippen molar-refractivity contribution >= 4 is 11.6 Å². The van der Waals surface area contributed by atoms with Crippen molar-refractivity contribution in [3.63, 3.8) is 0 Å². The third-order valence-corrected chi connectivity index (χ3v) is 3.01. The topological polar surface area (TPSA) is 57.8 Å². The Hall–Kier alpha value is -1.88. The monoisotopic (exact) mass is 261 g/mol. The number of nitrogens with zero attached hydrogens (tertiary/aromatic N) is 3. The number of carboxylic acid groups (broad SMARTS) is 1. The highest BCUT2D eigenvalue weighted by Crippen LogP contribution is 2.11. The van der Waals surface area contributed by atoms with Crippen LogP contribution in [0.2, 0.25) is 0 Å². The van der Waals surface area contributed by atoms with Gasteiger partial charge in [0.15, 0.2) is 0 Å². The van der Waals surface area contributed by atoms with Crippen LogP contribution in [0.25, 0.3) is 5.65 Å². The Kier molecular flexibility index (Phi) is 4.16. The maximum absolute atomic E-state index is 10.8. The molecule has 0 fully saturated rings. The van der Waals surface area contributed by atoms with Gasteiger partial charge >= 0.3 is 5.97 Å². The molecule has 0 atom stereocenters. The van der Waals surface area contributed by atoms with Crippen LogP contribution in [-0.2, 0) is 11.3 Å². The molecule has 0 bridgehead atoms. The molecular weight excluding hydrogens is 242 g/mol. The lowest BCUT2D eigenvalue weighted by Crippen LogP contribution is -2.30. The van der Waals surface area contributed by atoms with Crippen LogP contribution in [0.3, 0.4) is 0 Å². The van der Waals surface area contributed by atoms with Crippen molar-refractivity contribution < 1.29 is 9.90 Å². The van der Waals surface area contributed by atoms with Crippen molar-refractivity contribution in [2.75, 3.05) is 13.1 Å². The molecule has 0 unspecified atom stereocenters. The van der Waals surface area contributed by atoms with Gasteiger partial charge in [-0.3, -0.25) is 9.69 Å². The van der Waals surface area contributed by atoms with Crippen molar-refractivity contribution in [3.05, 3.63) is 35.8 Å². The Labute approximate surface area is 112 Å². The van der Waals surface area contributed by atoms with Crippen LogP contribution in [0.4, 0.5) is 0 Å². The van der Waals surface area contributed by atoms with Gasteiger partial charge in [-0.15, -0.1) is 0 Å². The van der Waals surface area contributed by atoms with Gasteiger partial charge in [0.1, 0.15) is 5.65 Å². The van der Waals surface area contributed by atoms with E-state index in [0.29, 0.717) is 6.54 Å². The summed E-state index contributed by atoms with van der Waals surface area (Å²) in [7, 11) is 0. The number of hydrogen-bond acceptors (Lipinski definition) is 3. The number of aliphatic carboxylic acids is 1. The average Bonchev–Trinajstić information content (AvgIpc) is 2.72. The lowest BCUT2D eigenvalue weighted by molar-refractivity contribution is -0.138. The summed E-state index contributed by atoms with van der Waals surface area (Å²) in [6.07, 6.45) is 4.85. The summed E-state index contributed by atoms with van der Waals surface area (Å²) in [5.41, 5.74) is 2.96. The number of fused-ring (bicyclic) bond motifs is 1. The standard InChI is InChI=1S/C14H19N3O2/c1-3-6-16(10-13(18)19)8-12-9-17-7-4-5-11(2)14(17)15-12/h4-5,7,9H,3,6,8,10H2,1-2H3,(H,18,19). The van der Waals surface area contributed by atoms with Gasteiger partial charge < -0.3 is 9.51 Å². The van der Waals surface area contributed by atoms with Crippen molar-refractivity contribution in [1.82, 2.24) is 14.3 Å². The molecule has 0 saturated heterocycles. The van der Waals surface area contributed by atoms with Crippen molar-refractivity contribution in [1.29, 1.82) is 0 Å². The SMILES string of the molecule is CCCN(CC(=O)O)Cc1cn2cccc(C)c2n1. The van der Waals surface area contributed by atoms with E-state index < -0.39 is 5.97 Å². The smallest absolute Gasteiger partial charge is 0.317 e. The lowest BCUT2D eigenvalue weighted by Gasteiger charge is -2.17. The van der Waals surface area contributed by atoms with Crippen LogP contribution < -0.4 is 0 Å². The van der Waals surface area contributed by atoms with Gasteiger partial charge in [0.05, 0.1) is 12.2 Å². The van der Waals surface area contributed by atoms with Gasteiger partial charge in [-0.1, -0.05) is 13.0 Å².